The quantitative estimate of drug-likeness (QED) is 0.908. The monoisotopic (exact) mass is 271 g/mol. The number of nitrogens with zero attached hydrogens (tertiary/aromatic N) is 1. The third-order valence-electron chi connectivity index (χ3n) is 3.12. The van der Waals surface area contributed by atoms with Crippen molar-refractivity contribution in [3.05, 3.63) is 53.9 Å². The average Bonchev–Trinajstić information content (AvgIpc) is 2.38. The van der Waals surface area contributed by atoms with Gasteiger partial charge in [0.1, 0.15) is 11.5 Å². The van der Waals surface area contributed by atoms with Gasteiger partial charge in [-0.2, -0.15) is 0 Å². The number of ether oxygens (including phenoxy) is 1. The van der Waals surface area contributed by atoms with Crippen LogP contribution in [0.5, 0.6) is 11.5 Å². The van der Waals surface area contributed by atoms with Gasteiger partial charge in [-0.25, -0.2) is 0 Å². The molecule has 0 saturated heterocycles. The van der Waals surface area contributed by atoms with E-state index in [-0.39, 0.29) is 5.41 Å². The molecule has 1 N–H and O–H groups in total. The van der Waals surface area contributed by atoms with Gasteiger partial charge in [0.05, 0.1) is 18.0 Å². The minimum Gasteiger partial charge on any atom is -0.456 e. The SMILES string of the molecule is C[C@@H](O)c1ccc(Oc2cccc(C(C)(C)C)c2)cn1. The molecule has 0 spiro atoms. The van der Waals surface area contributed by atoms with Crippen LogP contribution in [0.2, 0.25) is 0 Å². The first-order valence-electron chi connectivity index (χ1n) is 6.79. The predicted molar refractivity (Wildman–Crippen MR) is 80.1 cm³/mol. The average molecular weight is 271 g/mol. The minimum absolute atomic E-state index is 0.0911. The molecule has 0 aliphatic heterocycles. The van der Waals surface area contributed by atoms with E-state index in [0.717, 1.165) is 5.75 Å². The smallest absolute Gasteiger partial charge is 0.145 e. The van der Waals surface area contributed by atoms with Crippen LogP contribution in [0.25, 0.3) is 0 Å². The Kier molecular flexibility index (Phi) is 4.09. The van der Waals surface area contributed by atoms with Crippen molar-refractivity contribution >= 4 is 0 Å². The van der Waals surface area contributed by atoms with Crippen LogP contribution in [0, 0.1) is 0 Å². The van der Waals surface area contributed by atoms with Crippen LogP contribution in [0.3, 0.4) is 0 Å². The standard InChI is InChI=1S/C17H21NO2/c1-12(19)16-9-8-15(11-18-16)20-14-7-5-6-13(10-14)17(2,3)4/h5-12,19H,1-4H3/t12-/m1/s1. The number of pyridine rings is 1. The first-order valence-corrected chi connectivity index (χ1v) is 6.79. The zero-order valence-electron chi connectivity index (χ0n) is 12.4. The highest BCUT2D eigenvalue weighted by atomic mass is 16.5. The second-order valence-corrected chi connectivity index (χ2v) is 5.97. The molecule has 1 atom stereocenters. The maximum Gasteiger partial charge on any atom is 0.145 e. The fourth-order valence-electron chi connectivity index (χ4n) is 1.86. The summed E-state index contributed by atoms with van der Waals surface area (Å²) in [5.41, 5.74) is 1.96. The highest BCUT2D eigenvalue weighted by Gasteiger charge is 2.14. The Labute approximate surface area is 120 Å². The molecular formula is C17H21NO2. The van der Waals surface area contributed by atoms with Gasteiger partial charge in [0, 0.05) is 0 Å². The van der Waals surface area contributed by atoms with Crippen molar-refractivity contribution in [2.45, 2.75) is 39.2 Å². The van der Waals surface area contributed by atoms with Crippen molar-refractivity contribution in [3.63, 3.8) is 0 Å². The highest BCUT2D eigenvalue weighted by Crippen LogP contribution is 2.28. The summed E-state index contributed by atoms with van der Waals surface area (Å²) in [6.07, 6.45) is 1.07. The Morgan fingerprint density at radius 2 is 1.85 bits per heavy atom. The topological polar surface area (TPSA) is 42.4 Å². The van der Waals surface area contributed by atoms with Gasteiger partial charge in [-0.3, -0.25) is 4.98 Å². The molecule has 1 aromatic heterocycles. The molecule has 0 aliphatic rings. The molecule has 0 fully saturated rings. The third-order valence-corrected chi connectivity index (χ3v) is 3.12. The summed E-state index contributed by atoms with van der Waals surface area (Å²) in [5, 5.41) is 9.43. The molecule has 0 bridgehead atoms. The largest absolute Gasteiger partial charge is 0.456 e. The van der Waals surface area contributed by atoms with E-state index in [1.165, 1.54) is 5.56 Å². The molecule has 2 rings (SSSR count). The van der Waals surface area contributed by atoms with Crippen molar-refractivity contribution in [3.8, 4) is 11.5 Å². The number of hydrogen-bond acceptors (Lipinski definition) is 3. The van der Waals surface area contributed by atoms with E-state index in [9.17, 15) is 5.11 Å². The Bertz CT molecular complexity index is 568. The summed E-state index contributed by atoms with van der Waals surface area (Å²) in [7, 11) is 0. The molecule has 1 heterocycles. The zero-order chi connectivity index (χ0) is 14.8. The molecule has 106 valence electrons. The van der Waals surface area contributed by atoms with Gasteiger partial charge in [-0.05, 0) is 42.2 Å². The minimum atomic E-state index is -0.562. The first kappa shape index (κ1) is 14.5. The molecule has 3 nitrogen and oxygen atoms in total. The van der Waals surface area contributed by atoms with Crippen molar-refractivity contribution in [1.29, 1.82) is 0 Å². The Balaban J connectivity index is 2.18. The molecule has 0 saturated carbocycles. The predicted octanol–water partition coefficient (Wildman–Crippen LogP) is 4.22. The summed E-state index contributed by atoms with van der Waals surface area (Å²) in [6.45, 7) is 8.21. The van der Waals surface area contributed by atoms with E-state index in [4.69, 9.17) is 4.74 Å². The molecule has 20 heavy (non-hydrogen) atoms. The Morgan fingerprint density at radius 1 is 1.10 bits per heavy atom. The van der Waals surface area contributed by atoms with E-state index in [0.29, 0.717) is 11.4 Å². The second kappa shape index (κ2) is 5.63. The highest BCUT2D eigenvalue weighted by molar-refractivity contribution is 5.36. The molecule has 1 aromatic carbocycles. The molecule has 0 radical (unpaired) electrons. The summed E-state index contributed by atoms with van der Waals surface area (Å²) < 4.78 is 5.80. The van der Waals surface area contributed by atoms with Crippen LogP contribution in [-0.4, -0.2) is 10.1 Å². The lowest BCUT2D eigenvalue weighted by Crippen LogP contribution is -2.10. The molecule has 0 amide bonds. The second-order valence-electron chi connectivity index (χ2n) is 5.97. The normalized spacial score (nSPS) is 13.1. The van der Waals surface area contributed by atoms with E-state index < -0.39 is 6.10 Å². The van der Waals surface area contributed by atoms with Gasteiger partial charge in [0.15, 0.2) is 0 Å². The van der Waals surface area contributed by atoms with E-state index in [1.807, 2.05) is 24.3 Å². The summed E-state index contributed by atoms with van der Waals surface area (Å²) in [6, 6.07) is 11.7. The van der Waals surface area contributed by atoms with Crippen molar-refractivity contribution in [1.82, 2.24) is 4.98 Å². The van der Waals surface area contributed by atoms with E-state index in [2.05, 4.69) is 31.8 Å². The van der Waals surface area contributed by atoms with E-state index >= 15 is 0 Å². The molecule has 3 heteroatoms. The van der Waals surface area contributed by atoms with Crippen LogP contribution in [0.15, 0.2) is 42.6 Å². The van der Waals surface area contributed by atoms with Gasteiger partial charge in [0.2, 0.25) is 0 Å². The summed E-state index contributed by atoms with van der Waals surface area (Å²) >= 11 is 0. The van der Waals surface area contributed by atoms with Crippen LogP contribution in [-0.2, 0) is 5.41 Å². The maximum atomic E-state index is 9.43. The third kappa shape index (κ3) is 3.58. The first-order chi connectivity index (χ1) is 9.36. The van der Waals surface area contributed by atoms with Gasteiger partial charge in [-0.15, -0.1) is 0 Å². The molecule has 0 aliphatic carbocycles. The maximum absolute atomic E-state index is 9.43. The lowest BCUT2D eigenvalue weighted by molar-refractivity contribution is 0.194. The number of aliphatic hydroxyl groups excluding tert-OH is 1. The van der Waals surface area contributed by atoms with Crippen molar-refractivity contribution in [2.75, 3.05) is 0 Å². The summed E-state index contributed by atoms with van der Waals surface area (Å²) in [5.74, 6) is 1.46. The summed E-state index contributed by atoms with van der Waals surface area (Å²) in [4.78, 5) is 4.17. The Hall–Kier alpha value is -1.87. The van der Waals surface area contributed by atoms with Crippen LogP contribution < -0.4 is 4.74 Å². The van der Waals surface area contributed by atoms with E-state index in [1.54, 1.807) is 19.2 Å². The number of aliphatic hydroxyl groups is 1. The lowest BCUT2D eigenvalue weighted by Gasteiger charge is -2.19. The lowest BCUT2D eigenvalue weighted by atomic mass is 9.87. The fourth-order valence-corrected chi connectivity index (χ4v) is 1.86. The molecule has 0 unspecified atom stereocenters. The van der Waals surface area contributed by atoms with Crippen LogP contribution >= 0.6 is 0 Å². The molecule has 2 aromatic rings. The van der Waals surface area contributed by atoms with Gasteiger partial charge in [0.25, 0.3) is 0 Å². The number of hydrogen-bond donors (Lipinski definition) is 1. The van der Waals surface area contributed by atoms with Crippen LogP contribution in [0.4, 0.5) is 0 Å². The van der Waals surface area contributed by atoms with Crippen molar-refractivity contribution in [2.24, 2.45) is 0 Å². The zero-order valence-corrected chi connectivity index (χ0v) is 12.4. The molecular weight excluding hydrogens is 250 g/mol. The number of aromatic nitrogens is 1. The van der Waals surface area contributed by atoms with Gasteiger partial charge >= 0.3 is 0 Å². The van der Waals surface area contributed by atoms with Gasteiger partial charge in [-0.1, -0.05) is 32.9 Å². The van der Waals surface area contributed by atoms with Crippen molar-refractivity contribution < 1.29 is 9.84 Å². The Morgan fingerprint density at radius 3 is 2.40 bits per heavy atom. The van der Waals surface area contributed by atoms with Crippen LogP contribution in [0.1, 0.15) is 45.1 Å². The fraction of sp³-hybridized carbons (Fsp3) is 0.353. The number of benzene rings is 1. The van der Waals surface area contributed by atoms with Gasteiger partial charge < -0.3 is 9.84 Å². The number of rotatable bonds is 3.